The molecule has 2 atom stereocenters. The predicted molar refractivity (Wildman–Crippen MR) is 187 cm³/mol. The number of Topliss-reactive ketones (excluding diaryl/α,β-unsaturated/α-hetero) is 1. The number of carbonyl (C=O) groups excluding carboxylic acids is 4. The minimum atomic E-state index is -1.37. The first kappa shape index (κ1) is 36.8. The van der Waals surface area contributed by atoms with Crippen molar-refractivity contribution in [3.05, 3.63) is 91.9 Å². The number of anilines is 2. The van der Waals surface area contributed by atoms with Gasteiger partial charge in [0.05, 0.1) is 17.5 Å². The van der Waals surface area contributed by atoms with Crippen LogP contribution in [0.1, 0.15) is 60.7 Å². The number of benzene rings is 3. The molecular formula is C34H33Cl5N2O6. The van der Waals surface area contributed by atoms with E-state index in [0.717, 1.165) is 5.56 Å². The fourth-order valence-corrected chi connectivity index (χ4v) is 6.69. The molecule has 1 fully saturated rings. The van der Waals surface area contributed by atoms with Gasteiger partial charge in [0.15, 0.2) is 5.78 Å². The van der Waals surface area contributed by atoms with E-state index in [9.17, 15) is 19.2 Å². The van der Waals surface area contributed by atoms with Gasteiger partial charge in [-0.1, -0.05) is 40.9 Å². The highest BCUT2D eigenvalue weighted by Gasteiger charge is 2.67. The maximum atomic E-state index is 13.5. The Morgan fingerprint density at radius 1 is 0.936 bits per heavy atom. The summed E-state index contributed by atoms with van der Waals surface area (Å²) in [7, 11) is 0. The average molecular weight is 743 g/mol. The van der Waals surface area contributed by atoms with Crippen LogP contribution in [0.15, 0.2) is 54.6 Å². The van der Waals surface area contributed by atoms with Crippen LogP contribution in [0.3, 0.4) is 0 Å². The Kier molecular flexibility index (Phi) is 11.5. The molecule has 1 saturated carbocycles. The number of nitrogens with one attached hydrogen (secondary N) is 1. The third-order valence-corrected chi connectivity index (χ3v) is 9.04. The lowest BCUT2D eigenvalue weighted by atomic mass is 9.98. The summed E-state index contributed by atoms with van der Waals surface area (Å²) >= 11 is 31.7. The van der Waals surface area contributed by atoms with E-state index in [4.69, 9.17) is 67.5 Å². The highest BCUT2D eigenvalue weighted by molar-refractivity contribution is 6.53. The van der Waals surface area contributed by atoms with E-state index >= 15 is 0 Å². The second-order valence-corrected chi connectivity index (χ2v) is 14.9. The van der Waals surface area contributed by atoms with Crippen LogP contribution in [-0.2, 0) is 25.5 Å². The first-order chi connectivity index (χ1) is 21.9. The summed E-state index contributed by atoms with van der Waals surface area (Å²) in [5.41, 5.74) is 2.39. The number of carbonyl (C=O) groups is 4. The van der Waals surface area contributed by atoms with Crippen molar-refractivity contribution in [3.63, 3.8) is 0 Å². The van der Waals surface area contributed by atoms with Gasteiger partial charge in [0, 0.05) is 46.2 Å². The number of ketones is 1. The van der Waals surface area contributed by atoms with Crippen LogP contribution in [0, 0.1) is 12.8 Å². The molecular weight excluding hydrogens is 710 g/mol. The summed E-state index contributed by atoms with van der Waals surface area (Å²) in [4.78, 5) is 52.3. The molecule has 0 aliphatic heterocycles. The van der Waals surface area contributed by atoms with E-state index < -0.39 is 39.7 Å². The van der Waals surface area contributed by atoms with E-state index in [-0.39, 0.29) is 35.9 Å². The van der Waals surface area contributed by atoms with Gasteiger partial charge in [-0.3, -0.25) is 19.3 Å². The maximum absolute atomic E-state index is 13.5. The summed E-state index contributed by atoms with van der Waals surface area (Å²) in [6, 6.07) is 14.7. The van der Waals surface area contributed by atoms with Gasteiger partial charge < -0.3 is 14.8 Å². The van der Waals surface area contributed by atoms with Crippen molar-refractivity contribution in [2.45, 2.75) is 56.9 Å². The molecule has 1 aliphatic rings. The van der Waals surface area contributed by atoms with Gasteiger partial charge in [-0.2, -0.15) is 0 Å². The minimum absolute atomic E-state index is 0.00415. The number of halogens is 5. The molecule has 4 rings (SSSR count). The highest BCUT2D eigenvalue weighted by Crippen LogP contribution is 2.65. The minimum Gasteiger partial charge on any atom is -0.464 e. The quantitative estimate of drug-likeness (QED) is 0.126. The summed E-state index contributed by atoms with van der Waals surface area (Å²) in [6.45, 7) is 8.41. The largest absolute Gasteiger partial charge is 0.464 e. The number of amides is 2. The number of rotatable bonds is 10. The second-order valence-electron chi connectivity index (χ2n) is 12.2. The number of hydrogen-bond acceptors (Lipinski definition) is 6. The highest BCUT2D eigenvalue weighted by atomic mass is 35.5. The Hall–Kier alpha value is -3.01. The van der Waals surface area contributed by atoms with E-state index in [0.29, 0.717) is 32.5 Å². The van der Waals surface area contributed by atoms with Gasteiger partial charge >= 0.3 is 12.1 Å². The molecule has 2 unspecified atom stereocenters. The van der Waals surface area contributed by atoms with Crippen LogP contribution in [0.2, 0.25) is 15.1 Å². The molecule has 0 saturated heterocycles. The predicted octanol–water partition coefficient (Wildman–Crippen LogP) is 9.21. The van der Waals surface area contributed by atoms with E-state index in [1.54, 1.807) is 63.2 Å². The van der Waals surface area contributed by atoms with Crippen molar-refractivity contribution in [2.75, 3.05) is 23.4 Å². The van der Waals surface area contributed by atoms with Crippen LogP contribution in [0.5, 0.6) is 0 Å². The average Bonchev–Trinajstić information content (AvgIpc) is 3.53. The third kappa shape index (κ3) is 9.33. The van der Waals surface area contributed by atoms with Crippen molar-refractivity contribution in [3.8, 4) is 0 Å². The molecule has 47 heavy (non-hydrogen) atoms. The van der Waals surface area contributed by atoms with Gasteiger partial charge in [0.25, 0.3) is 0 Å². The lowest BCUT2D eigenvalue weighted by Crippen LogP contribution is -2.39. The van der Waals surface area contributed by atoms with Crippen molar-refractivity contribution >= 4 is 93.1 Å². The Morgan fingerprint density at radius 3 is 2.19 bits per heavy atom. The fourth-order valence-electron chi connectivity index (χ4n) is 5.10. The molecule has 1 N–H and O–H groups in total. The molecule has 3 aromatic carbocycles. The number of alkyl halides is 2. The SMILES string of the molecule is CC(=O)OCCN(C(=O)OC(C)(C)C)c1ccc(CC(=O)c2cc(NC(=O)C3C(c4cc(Cl)cc(Cl)c4)C3(Cl)Cl)ccc2Cl)c(C)c1. The van der Waals surface area contributed by atoms with Crippen LogP contribution >= 0.6 is 58.0 Å². The summed E-state index contributed by atoms with van der Waals surface area (Å²) < 4.78 is 9.22. The van der Waals surface area contributed by atoms with Gasteiger partial charge in [-0.05, 0) is 92.9 Å². The third-order valence-electron chi connectivity index (χ3n) is 7.34. The van der Waals surface area contributed by atoms with Crippen LogP contribution in [0.4, 0.5) is 16.2 Å². The number of esters is 1. The van der Waals surface area contributed by atoms with Crippen molar-refractivity contribution in [2.24, 2.45) is 5.92 Å². The van der Waals surface area contributed by atoms with Gasteiger partial charge in [-0.15, -0.1) is 23.2 Å². The van der Waals surface area contributed by atoms with Crippen LogP contribution in [0.25, 0.3) is 0 Å². The molecule has 1 aliphatic carbocycles. The number of nitrogens with zero attached hydrogens (tertiary/aromatic N) is 1. The van der Waals surface area contributed by atoms with Crippen molar-refractivity contribution in [1.29, 1.82) is 0 Å². The van der Waals surface area contributed by atoms with E-state index in [1.807, 2.05) is 6.92 Å². The fraction of sp³-hybridized carbons (Fsp3) is 0.353. The molecule has 13 heteroatoms. The Labute approximate surface area is 298 Å². The number of ether oxygens (including phenoxy) is 2. The topological polar surface area (TPSA) is 102 Å². The summed E-state index contributed by atoms with van der Waals surface area (Å²) in [5, 5.41) is 3.80. The maximum Gasteiger partial charge on any atom is 0.414 e. The zero-order valence-electron chi connectivity index (χ0n) is 26.3. The van der Waals surface area contributed by atoms with Gasteiger partial charge in [0.2, 0.25) is 5.91 Å². The van der Waals surface area contributed by atoms with Gasteiger partial charge in [-0.25, -0.2) is 4.79 Å². The molecule has 0 heterocycles. The molecule has 0 aromatic heterocycles. The Balaban J connectivity index is 1.49. The standard InChI is InChI=1S/C34H33Cl5N2O6/c1-18-12-25(41(10-11-46-19(2)42)32(45)47-33(3,4)5)8-6-20(18)15-28(43)26-17-24(7-9-27(26)37)40-31(44)30-29(34(30,38)39)21-13-22(35)16-23(36)14-21/h6-9,12-14,16-17,29-30H,10-11,15H2,1-5H3,(H,40,44). The van der Waals surface area contributed by atoms with E-state index in [1.165, 1.54) is 24.0 Å². The second kappa shape index (κ2) is 14.6. The lowest BCUT2D eigenvalue weighted by molar-refractivity contribution is -0.140. The molecule has 8 nitrogen and oxygen atoms in total. The molecule has 3 aromatic rings. The first-order valence-corrected chi connectivity index (χ1v) is 16.5. The molecule has 2 amide bonds. The smallest absolute Gasteiger partial charge is 0.414 e. The van der Waals surface area contributed by atoms with Crippen molar-refractivity contribution in [1.82, 2.24) is 0 Å². The first-order valence-electron chi connectivity index (χ1n) is 14.6. The van der Waals surface area contributed by atoms with E-state index in [2.05, 4.69) is 5.32 Å². The Morgan fingerprint density at radius 2 is 1.60 bits per heavy atom. The Bertz CT molecular complexity index is 1700. The lowest BCUT2D eigenvalue weighted by Gasteiger charge is -2.27. The number of hydrogen-bond donors (Lipinski definition) is 1. The molecule has 0 radical (unpaired) electrons. The normalized spacial score (nSPS) is 16.6. The summed E-state index contributed by atoms with van der Waals surface area (Å²) in [6.07, 6.45) is -0.608. The number of aryl methyl sites for hydroxylation is 1. The monoisotopic (exact) mass is 740 g/mol. The van der Waals surface area contributed by atoms with Crippen molar-refractivity contribution < 1.29 is 28.7 Å². The zero-order valence-corrected chi connectivity index (χ0v) is 30.0. The van der Waals surface area contributed by atoms with Crippen LogP contribution < -0.4 is 10.2 Å². The molecule has 0 spiro atoms. The molecule has 0 bridgehead atoms. The summed E-state index contributed by atoms with van der Waals surface area (Å²) in [5.74, 6) is -2.51. The zero-order chi connectivity index (χ0) is 34.8. The van der Waals surface area contributed by atoms with Crippen LogP contribution in [-0.4, -0.2) is 46.8 Å². The molecule has 250 valence electrons. The van der Waals surface area contributed by atoms with Gasteiger partial charge in [0.1, 0.15) is 16.5 Å².